The highest BCUT2D eigenvalue weighted by Crippen LogP contribution is 2.21. The molecule has 0 aliphatic carbocycles. The van der Waals surface area contributed by atoms with Crippen LogP contribution in [0.15, 0.2) is 54.6 Å². The Morgan fingerprint density at radius 1 is 1.00 bits per heavy atom. The lowest BCUT2D eigenvalue weighted by atomic mass is 9.94. The molecule has 104 valence electrons. The molecule has 20 heavy (non-hydrogen) atoms. The minimum absolute atomic E-state index is 0.229. The fourth-order valence-corrected chi connectivity index (χ4v) is 2.30. The largest absolute Gasteiger partial charge is 0.481 e. The van der Waals surface area contributed by atoms with Crippen LogP contribution >= 0.6 is 0 Å². The van der Waals surface area contributed by atoms with Crippen molar-refractivity contribution in [3.8, 4) is 0 Å². The van der Waals surface area contributed by atoms with Crippen molar-refractivity contribution >= 4 is 5.97 Å². The van der Waals surface area contributed by atoms with Gasteiger partial charge in [-0.3, -0.25) is 4.79 Å². The standard InChI is InChI=1S/C18H20O2/c1-14(7-12-18(19)20)17-10-8-16(9-11-17)13-15-5-3-2-4-6-15/h2-6,8-11,14H,7,12-13H2,1H3,(H,19,20). The third-order valence-electron chi connectivity index (χ3n) is 3.59. The van der Waals surface area contributed by atoms with Crippen LogP contribution in [-0.2, 0) is 11.2 Å². The molecule has 0 aliphatic rings. The second kappa shape index (κ2) is 6.90. The highest BCUT2D eigenvalue weighted by Gasteiger charge is 2.08. The molecule has 0 bridgehead atoms. The predicted molar refractivity (Wildman–Crippen MR) is 81.0 cm³/mol. The average molecular weight is 268 g/mol. The molecule has 0 aliphatic heterocycles. The van der Waals surface area contributed by atoms with E-state index in [4.69, 9.17) is 5.11 Å². The Hall–Kier alpha value is -2.09. The number of carboxylic acids is 1. The van der Waals surface area contributed by atoms with Crippen molar-refractivity contribution in [3.05, 3.63) is 71.3 Å². The summed E-state index contributed by atoms with van der Waals surface area (Å²) in [6.45, 7) is 2.08. The minimum atomic E-state index is -0.724. The van der Waals surface area contributed by atoms with Crippen LogP contribution in [0.3, 0.4) is 0 Å². The van der Waals surface area contributed by atoms with Crippen molar-refractivity contribution in [2.24, 2.45) is 0 Å². The number of carbonyl (C=O) groups is 1. The average Bonchev–Trinajstić information content (AvgIpc) is 2.46. The van der Waals surface area contributed by atoms with Gasteiger partial charge >= 0.3 is 5.97 Å². The van der Waals surface area contributed by atoms with Gasteiger partial charge < -0.3 is 5.11 Å². The van der Waals surface area contributed by atoms with Crippen molar-refractivity contribution in [2.45, 2.75) is 32.1 Å². The Bertz CT molecular complexity index is 543. The Morgan fingerprint density at radius 2 is 1.60 bits per heavy atom. The second-order valence-corrected chi connectivity index (χ2v) is 5.24. The highest BCUT2D eigenvalue weighted by atomic mass is 16.4. The maximum absolute atomic E-state index is 10.6. The monoisotopic (exact) mass is 268 g/mol. The molecule has 2 aromatic carbocycles. The van der Waals surface area contributed by atoms with Gasteiger partial charge in [0.1, 0.15) is 0 Å². The van der Waals surface area contributed by atoms with Gasteiger partial charge in [0.2, 0.25) is 0 Å². The zero-order valence-corrected chi connectivity index (χ0v) is 11.8. The summed E-state index contributed by atoms with van der Waals surface area (Å²) in [4.78, 5) is 10.6. The summed E-state index contributed by atoms with van der Waals surface area (Å²) in [6, 6.07) is 18.9. The lowest BCUT2D eigenvalue weighted by molar-refractivity contribution is -0.137. The molecule has 0 amide bonds. The van der Waals surface area contributed by atoms with Gasteiger partial charge in [0.15, 0.2) is 0 Å². The summed E-state index contributed by atoms with van der Waals surface area (Å²) in [6.07, 6.45) is 1.85. The molecular weight excluding hydrogens is 248 g/mol. The smallest absolute Gasteiger partial charge is 0.303 e. The van der Waals surface area contributed by atoms with Gasteiger partial charge in [-0.2, -0.15) is 0 Å². The zero-order chi connectivity index (χ0) is 14.4. The van der Waals surface area contributed by atoms with Crippen LogP contribution in [-0.4, -0.2) is 11.1 Å². The predicted octanol–water partition coefficient (Wildman–Crippen LogP) is 4.25. The summed E-state index contributed by atoms with van der Waals surface area (Å²) >= 11 is 0. The molecule has 2 rings (SSSR count). The van der Waals surface area contributed by atoms with Crippen molar-refractivity contribution < 1.29 is 9.90 Å². The lowest BCUT2D eigenvalue weighted by Gasteiger charge is -2.11. The van der Waals surface area contributed by atoms with E-state index in [1.807, 2.05) is 6.07 Å². The van der Waals surface area contributed by atoms with Crippen LogP contribution in [0.25, 0.3) is 0 Å². The third kappa shape index (κ3) is 4.23. The Morgan fingerprint density at radius 3 is 2.20 bits per heavy atom. The first-order chi connectivity index (χ1) is 9.65. The fourth-order valence-electron chi connectivity index (χ4n) is 2.30. The van der Waals surface area contributed by atoms with Crippen LogP contribution in [0.1, 0.15) is 42.4 Å². The normalized spacial score (nSPS) is 12.1. The van der Waals surface area contributed by atoms with E-state index in [1.165, 1.54) is 16.7 Å². The molecule has 0 saturated carbocycles. The maximum Gasteiger partial charge on any atom is 0.303 e. The summed E-state index contributed by atoms with van der Waals surface area (Å²) in [7, 11) is 0. The topological polar surface area (TPSA) is 37.3 Å². The SMILES string of the molecule is CC(CCC(=O)O)c1ccc(Cc2ccccc2)cc1. The van der Waals surface area contributed by atoms with Crippen LogP contribution in [0.2, 0.25) is 0 Å². The molecule has 1 atom stereocenters. The van der Waals surface area contributed by atoms with E-state index in [2.05, 4.69) is 55.5 Å². The van der Waals surface area contributed by atoms with Crippen LogP contribution in [0.5, 0.6) is 0 Å². The number of hydrogen-bond acceptors (Lipinski definition) is 1. The molecule has 2 nitrogen and oxygen atoms in total. The minimum Gasteiger partial charge on any atom is -0.481 e. The number of aliphatic carboxylic acids is 1. The quantitative estimate of drug-likeness (QED) is 0.850. The molecule has 0 aromatic heterocycles. The first kappa shape index (κ1) is 14.3. The van der Waals surface area contributed by atoms with E-state index in [0.717, 1.165) is 6.42 Å². The van der Waals surface area contributed by atoms with Crippen molar-refractivity contribution in [3.63, 3.8) is 0 Å². The highest BCUT2D eigenvalue weighted by molar-refractivity contribution is 5.66. The van der Waals surface area contributed by atoms with Gasteiger partial charge in [-0.1, -0.05) is 61.5 Å². The van der Waals surface area contributed by atoms with Crippen LogP contribution in [0.4, 0.5) is 0 Å². The molecule has 1 N–H and O–H groups in total. The zero-order valence-electron chi connectivity index (χ0n) is 11.8. The molecule has 2 heteroatoms. The molecule has 0 fully saturated rings. The first-order valence-corrected chi connectivity index (χ1v) is 6.99. The van der Waals surface area contributed by atoms with E-state index >= 15 is 0 Å². The van der Waals surface area contributed by atoms with Gasteiger partial charge in [0, 0.05) is 6.42 Å². The third-order valence-corrected chi connectivity index (χ3v) is 3.59. The van der Waals surface area contributed by atoms with Crippen LogP contribution in [0, 0.1) is 0 Å². The molecule has 0 radical (unpaired) electrons. The first-order valence-electron chi connectivity index (χ1n) is 6.99. The number of carboxylic acid groups (broad SMARTS) is 1. The Labute approximate surface area is 120 Å². The van der Waals surface area contributed by atoms with E-state index in [-0.39, 0.29) is 12.3 Å². The molecule has 0 spiro atoms. The van der Waals surface area contributed by atoms with E-state index in [0.29, 0.717) is 6.42 Å². The molecule has 0 saturated heterocycles. The van der Waals surface area contributed by atoms with Gasteiger partial charge in [0.25, 0.3) is 0 Å². The van der Waals surface area contributed by atoms with Gasteiger partial charge in [-0.15, -0.1) is 0 Å². The second-order valence-electron chi connectivity index (χ2n) is 5.24. The van der Waals surface area contributed by atoms with Gasteiger partial charge in [0.05, 0.1) is 0 Å². The van der Waals surface area contributed by atoms with E-state index < -0.39 is 5.97 Å². The number of benzene rings is 2. The van der Waals surface area contributed by atoms with Crippen molar-refractivity contribution in [2.75, 3.05) is 0 Å². The van der Waals surface area contributed by atoms with E-state index in [9.17, 15) is 4.79 Å². The summed E-state index contributed by atoms with van der Waals surface area (Å²) in [5.41, 5.74) is 3.80. The van der Waals surface area contributed by atoms with Crippen molar-refractivity contribution in [1.82, 2.24) is 0 Å². The summed E-state index contributed by atoms with van der Waals surface area (Å²) in [5, 5.41) is 8.72. The molecule has 0 heterocycles. The molecule has 1 unspecified atom stereocenters. The molecular formula is C18H20O2. The van der Waals surface area contributed by atoms with Gasteiger partial charge in [-0.05, 0) is 35.4 Å². The molecule has 2 aromatic rings. The van der Waals surface area contributed by atoms with E-state index in [1.54, 1.807) is 0 Å². The van der Waals surface area contributed by atoms with Crippen molar-refractivity contribution in [1.29, 1.82) is 0 Å². The summed E-state index contributed by atoms with van der Waals surface area (Å²) in [5.74, 6) is -0.436. The lowest BCUT2D eigenvalue weighted by Crippen LogP contribution is -2.00. The number of rotatable bonds is 6. The van der Waals surface area contributed by atoms with Crippen LogP contribution < -0.4 is 0 Å². The number of hydrogen-bond donors (Lipinski definition) is 1. The fraction of sp³-hybridized carbons (Fsp3) is 0.278. The summed E-state index contributed by atoms with van der Waals surface area (Å²) < 4.78 is 0. The maximum atomic E-state index is 10.6. The Kier molecular flexibility index (Phi) is 4.94. The Balaban J connectivity index is 1.97. The van der Waals surface area contributed by atoms with Gasteiger partial charge in [-0.25, -0.2) is 0 Å².